The molecule has 4 rings (SSSR count). The molecule has 42 heavy (non-hydrogen) atoms. The van der Waals surface area contributed by atoms with Crippen molar-refractivity contribution in [3.63, 3.8) is 0 Å². The van der Waals surface area contributed by atoms with E-state index in [-0.39, 0.29) is 11.7 Å². The van der Waals surface area contributed by atoms with Gasteiger partial charge in [-0.1, -0.05) is 35.9 Å². The largest absolute Gasteiger partial charge is 0.497 e. The van der Waals surface area contributed by atoms with Gasteiger partial charge in [-0.3, -0.25) is 9.59 Å². The van der Waals surface area contributed by atoms with Gasteiger partial charge in [0.05, 0.1) is 20.4 Å². The molecule has 0 radical (unpaired) electrons. The summed E-state index contributed by atoms with van der Waals surface area (Å²) in [5, 5.41) is 7.37. The maximum absolute atomic E-state index is 12.7. The Labute approximate surface area is 247 Å². The quantitative estimate of drug-likeness (QED) is 0.0779. The van der Waals surface area contributed by atoms with Crippen LogP contribution in [-0.4, -0.2) is 38.2 Å². The van der Waals surface area contributed by atoms with Crippen molar-refractivity contribution in [3.8, 4) is 17.2 Å². The van der Waals surface area contributed by atoms with Gasteiger partial charge in [0.15, 0.2) is 11.5 Å². The van der Waals surface area contributed by atoms with Crippen molar-refractivity contribution in [2.24, 2.45) is 5.10 Å². The molecule has 4 aromatic carbocycles. The normalized spacial score (nSPS) is 10.8. The van der Waals surface area contributed by atoms with E-state index in [2.05, 4.69) is 15.8 Å². The van der Waals surface area contributed by atoms with E-state index in [9.17, 15) is 14.4 Å². The molecule has 0 aromatic heterocycles. The molecular formula is C32H26ClN3O6. The maximum atomic E-state index is 12.7. The van der Waals surface area contributed by atoms with Crippen LogP contribution >= 0.6 is 11.6 Å². The lowest BCUT2D eigenvalue weighted by Gasteiger charge is -2.09. The second-order valence-corrected chi connectivity index (χ2v) is 9.12. The van der Waals surface area contributed by atoms with Gasteiger partial charge in [-0.15, -0.1) is 0 Å². The number of methoxy groups -OCH3 is 2. The summed E-state index contributed by atoms with van der Waals surface area (Å²) in [5.74, 6) is -0.322. The molecule has 0 aliphatic rings. The lowest BCUT2D eigenvalue weighted by molar-refractivity contribution is -0.129. The molecular weight excluding hydrogens is 558 g/mol. The van der Waals surface area contributed by atoms with E-state index in [0.29, 0.717) is 38.9 Å². The van der Waals surface area contributed by atoms with Crippen molar-refractivity contribution in [1.29, 1.82) is 0 Å². The van der Waals surface area contributed by atoms with Crippen LogP contribution in [0.2, 0.25) is 5.02 Å². The number of hydrogen-bond donors (Lipinski definition) is 2. The molecule has 0 saturated carbocycles. The summed E-state index contributed by atoms with van der Waals surface area (Å²) in [6.07, 6.45) is 4.33. The number of rotatable bonds is 10. The highest BCUT2D eigenvalue weighted by Crippen LogP contribution is 2.28. The standard InChI is InChI=1S/C32H26ClN3O6/c1-40-27-8-4-6-24(19-27)31(38)35-26-7-3-5-23(18-26)32(39)36-34-20-22-11-15-28(29(17-22)41-2)42-30(37)16-12-21-9-13-25(33)14-10-21/h3-20H,1-2H3,(H,35,38)(H,36,39)/b16-12+,34-20?. The number of esters is 1. The fourth-order valence-electron chi connectivity index (χ4n) is 3.67. The van der Waals surface area contributed by atoms with Crippen LogP contribution in [0.25, 0.3) is 6.08 Å². The molecule has 0 aliphatic heterocycles. The number of hydrazone groups is 1. The first-order valence-electron chi connectivity index (χ1n) is 12.6. The summed E-state index contributed by atoms with van der Waals surface area (Å²) in [7, 11) is 2.97. The van der Waals surface area contributed by atoms with E-state index in [1.165, 1.54) is 32.6 Å². The number of hydrogen-bond acceptors (Lipinski definition) is 7. The van der Waals surface area contributed by atoms with Crippen LogP contribution in [0.4, 0.5) is 5.69 Å². The second kappa shape index (κ2) is 14.3. The first-order chi connectivity index (χ1) is 20.3. The van der Waals surface area contributed by atoms with Crippen molar-refractivity contribution in [2.45, 2.75) is 0 Å². The SMILES string of the molecule is COc1cccc(C(=O)Nc2cccc(C(=O)NN=Cc3ccc(OC(=O)/C=C/c4ccc(Cl)cc4)c(OC)c3)c2)c1. The number of ether oxygens (including phenoxy) is 3. The second-order valence-electron chi connectivity index (χ2n) is 8.68. The first-order valence-corrected chi connectivity index (χ1v) is 12.9. The zero-order chi connectivity index (χ0) is 29.9. The average Bonchev–Trinajstić information content (AvgIpc) is 3.01. The van der Waals surface area contributed by atoms with Crippen LogP contribution in [0.1, 0.15) is 31.8 Å². The molecule has 212 valence electrons. The molecule has 4 aromatic rings. The van der Waals surface area contributed by atoms with E-state index >= 15 is 0 Å². The van der Waals surface area contributed by atoms with Gasteiger partial charge in [0.2, 0.25) is 0 Å². The van der Waals surface area contributed by atoms with Crippen LogP contribution in [-0.2, 0) is 4.79 Å². The maximum Gasteiger partial charge on any atom is 0.336 e. The van der Waals surface area contributed by atoms with E-state index in [1.807, 2.05) is 0 Å². The minimum atomic E-state index is -0.584. The fourth-order valence-corrected chi connectivity index (χ4v) is 3.79. The average molecular weight is 584 g/mol. The Morgan fingerprint density at radius 2 is 1.48 bits per heavy atom. The highest BCUT2D eigenvalue weighted by atomic mass is 35.5. The molecule has 9 nitrogen and oxygen atoms in total. The van der Waals surface area contributed by atoms with Gasteiger partial charge in [0.25, 0.3) is 11.8 Å². The molecule has 10 heteroatoms. The Bertz CT molecular complexity index is 1650. The lowest BCUT2D eigenvalue weighted by atomic mass is 10.1. The molecule has 0 bridgehead atoms. The van der Waals surface area contributed by atoms with Crippen LogP contribution < -0.4 is 25.0 Å². The summed E-state index contributed by atoms with van der Waals surface area (Å²) in [5.41, 5.74) is 4.98. The van der Waals surface area contributed by atoms with Gasteiger partial charge in [-0.2, -0.15) is 5.10 Å². The van der Waals surface area contributed by atoms with Crippen LogP contribution in [0.3, 0.4) is 0 Å². The number of halogens is 1. The van der Waals surface area contributed by atoms with Gasteiger partial charge < -0.3 is 19.5 Å². The lowest BCUT2D eigenvalue weighted by Crippen LogP contribution is -2.18. The van der Waals surface area contributed by atoms with Gasteiger partial charge in [0.1, 0.15) is 5.75 Å². The Morgan fingerprint density at radius 1 is 0.762 bits per heavy atom. The van der Waals surface area contributed by atoms with Crippen molar-refractivity contribution in [3.05, 3.63) is 124 Å². The third-order valence-electron chi connectivity index (χ3n) is 5.77. The zero-order valence-electron chi connectivity index (χ0n) is 22.7. The molecule has 2 N–H and O–H groups in total. The van der Waals surface area contributed by atoms with Gasteiger partial charge in [-0.05, 0) is 83.9 Å². The van der Waals surface area contributed by atoms with Crippen LogP contribution in [0.15, 0.2) is 102 Å². The predicted molar refractivity (Wildman–Crippen MR) is 162 cm³/mol. The minimum Gasteiger partial charge on any atom is -0.497 e. The van der Waals surface area contributed by atoms with E-state index in [1.54, 1.807) is 91.0 Å². The Hall–Kier alpha value is -5.41. The number of nitrogens with one attached hydrogen (secondary N) is 2. The van der Waals surface area contributed by atoms with E-state index < -0.39 is 11.9 Å². The molecule has 2 amide bonds. The molecule has 0 fully saturated rings. The number of amides is 2. The van der Waals surface area contributed by atoms with Gasteiger partial charge >= 0.3 is 5.97 Å². The first kappa shape index (κ1) is 29.6. The molecule has 0 saturated heterocycles. The van der Waals surface area contributed by atoms with Gasteiger partial charge in [-0.25, -0.2) is 10.2 Å². The Balaban J connectivity index is 1.34. The number of nitrogens with zero attached hydrogens (tertiary/aromatic N) is 1. The molecule has 0 heterocycles. The summed E-state index contributed by atoms with van der Waals surface area (Å²) in [6, 6.07) is 25.0. The topological polar surface area (TPSA) is 115 Å². The summed E-state index contributed by atoms with van der Waals surface area (Å²) >= 11 is 5.87. The van der Waals surface area contributed by atoms with Crippen LogP contribution in [0, 0.1) is 0 Å². The highest BCUT2D eigenvalue weighted by Gasteiger charge is 2.11. The predicted octanol–water partition coefficient (Wildman–Crippen LogP) is 5.99. The van der Waals surface area contributed by atoms with Crippen molar-refractivity contribution < 1.29 is 28.6 Å². The summed E-state index contributed by atoms with van der Waals surface area (Å²) in [4.78, 5) is 37.5. The zero-order valence-corrected chi connectivity index (χ0v) is 23.4. The Morgan fingerprint density at radius 3 is 2.21 bits per heavy atom. The van der Waals surface area contributed by atoms with Crippen LogP contribution in [0.5, 0.6) is 17.2 Å². The van der Waals surface area contributed by atoms with Crippen molar-refractivity contribution >= 4 is 47.4 Å². The van der Waals surface area contributed by atoms with Crippen molar-refractivity contribution in [1.82, 2.24) is 5.43 Å². The third kappa shape index (κ3) is 8.30. The molecule has 0 atom stereocenters. The Kier molecular flexibility index (Phi) is 10.1. The summed E-state index contributed by atoms with van der Waals surface area (Å²) in [6.45, 7) is 0. The number of benzene rings is 4. The molecule has 0 unspecified atom stereocenters. The summed E-state index contributed by atoms with van der Waals surface area (Å²) < 4.78 is 15.9. The smallest absolute Gasteiger partial charge is 0.336 e. The number of anilines is 1. The van der Waals surface area contributed by atoms with E-state index in [4.69, 9.17) is 25.8 Å². The number of carbonyl (C=O) groups is 3. The fraction of sp³-hybridized carbons (Fsp3) is 0.0625. The van der Waals surface area contributed by atoms with E-state index in [0.717, 1.165) is 5.56 Å². The highest BCUT2D eigenvalue weighted by molar-refractivity contribution is 6.30. The monoisotopic (exact) mass is 583 g/mol. The third-order valence-corrected chi connectivity index (χ3v) is 6.03. The molecule has 0 spiro atoms. The minimum absolute atomic E-state index is 0.220. The molecule has 0 aliphatic carbocycles. The van der Waals surface area contributed by atoms with Gasteiger partial charge in [0, 0.05) is 27.9 Å². The number of carbonyl (C=O) groups excluding carboxylic acids is 3. The van der Waals surface area contributed by atoms with Crippen molar-refractivity contribution in [2.75, 3.05) is 19.5 Å².